The first-order chi connectivity index (χ1) is 17.0. The zero-order valence-corrected chi connectivity index (χ0v) is 24.4. The van der Waals surface area contributed by atoms with E-state index in [2.05, 4.69) is 10.6 Å². The van der Waals surface area contributed by atoms with E-state index in [-0.39, 0.29) is 23.2 Å². The molecule has 1 heterocycles. The van der Waals surface area contributed by atoms with Crippen molar-refractivity contribution in [2.45, 2.75) is 116 Å². The molecule has 13 heteroatoms. The summed E-state index contributed by atoms with van der Waals surface area (Å²) in [5, 5.41) is 5.27. The fourth-order valence-corrected chi connectivity index (χ4v) is 10.2. The fraction of sp³-hybridized carbons (Fsp3) is 0.792. The van der Waals surface area contributed by atoms with E-state index in [0.29, 0.717) is 0 Å². The maximum absolute atomic E-state index is 13.3. The van der Waals surface area contributed by atoms with Gasteiger partial charge in [-0.05, 0) is 16.6 Å². The van der Waals surface area contributed by atoms with E-state index in [1.54, 1.807) is 0 Å². The van der Waals surface area contributed by atoms with Crippen LogP contribution in [0.1, 0.15) is 69.2 Å². The van der Waals surface area contributed by atoms with Crippen molar-refractivity contribution in [2.75, 3.05) is 6.61 Å². The Labute approximate surface area is 219 Å². The second-order valence-electron chi connectivity index (χ2n) is 10.1. The second kappa shape index (κ2) is 13.8. The molecule has 0 spiro atoms. The maximum Gasteiger partial charge on any atom is 0.395 e. The summed E-state index contributed by atoms with van der Waals surface area (Å²) in [7, 11) is -2.63. The molecule has 37 heavy (non-hydrogen) atoms. The molecule has 0 bridgehead atoms. The normalized spacial score (nSPS) is 23.9. The second-order valence-corrected chi connectivity index (χ2v) is 15.5. The van der Waals surface area contributed by atoms with Crippen LogP contribution >= 0.6 is 0 Å². The predicted molar refractivity (Wildman–Crippen MR) is 135 cm³/mol. The van der Waals surface area contributed by atoms with E-state index >= 15 is 0 Å². The lowest BCUT2D eigenvalue weighted by Crippen LogP contribution is -2.70. The third-order valence-electron chi connectivity index (χ3n) is 6.35. The van der Waals surface area contributed by atoms with Gasteiger partial charge in [0, 0.05) is 27.7 Å². The average molecular weight is 547 g/mol. The number of nitrogens with one attached hydrogen (secondary N) is 2. The zero-order chi connectivity index (χ0) is 28.7. The summed E-state index contributed by atoms with van der Waals surface area (Å²) in [4.78, 5) is 60.7. The molecule has 12 nitrogen and oxygen atoms in total. The lowest BCUT2D eigenvalue weighted by atomic mass is 9.95. The van der Waals surface area contributed by atoms with Crippen molar-refractivity contribution in [3.05, 3.63) is 0 Å². The number of hydrogen-bond donors (Lipinski definition) is 2. The highest BCUT2D eigenvalue weighted by atomic mass is 28.4. The molecule has 0 radical (unpaired) electrons. The molecule has 212 valence electrons. The maximum atomic E-state index is 13.3. The smallest absolute Gasteiger partial charge is 0.395 e. The fourth-order valence-electron chi connectivity index (χ4n) is 5.11. The summed E-state index contributed by atoms with van der Waals surface area (Å²) >= 11 is 0. The minimum Gasteiger partial charge on any atom is -0.503 e. The van der Waals surface area contributed by atoms with Crippen LogP contribution in [-0.4, -0.2) is 75.4 Å². The van der Waals surface area contributed by atoms with Crippen LogP contribution in [0.3, 0.4) is 0 Å². The molecule has 1 aliphatic rings. The molecule has 0 aromatic rings. The van der Waals surface area contributed by atoms with E-state index in [1.807, 2.05) is 41.5 Å². The van der Waals surface area contributed by atoms with Gasteiger partial charge in [0.2, 0.25) is 5.91 Å². The van der Waals surface area contributed by atoms with Crippen LogP contribution < -0.4 is 10.6 Å². The third-order valence-corrected chi connectivity index (χ3v) is 12.3. The molecule has 0 saturated carbocycles. The molecular weight excluding hydrogens is 504 g/mol. The Bertz CT molecular complexity index is 826. The number of rotatable bonds is 10. The monoisotopic (exact) mass is 546 g/mol. The van der Waals surface area contributed by atoms with Crippen molar-refractivity contribution >= 4 is 38.2 Å². The van der Waals surface area contributed by atoms with Crippen LogP contribution in [0.15, 0.2) is 0 Å². The van der Waals surface area contributed by atoms with E-state index in [1.165, 1.54) is 13.8 Å². The van der Waals surface area contributed by atoms with Crippen molar-refractivity contribution in [1.82, 2.24) is 10.6 Å². The molecule has 2 amide bonds. The molecule has 1 aliphatic heterocycles. The third kappa shape index (κ3) is 8.70. The van der Waals surface area contributed by atoms with Gasteiger partial charge in [-0.3, -0.25) is 24.5 Å². The summed E-state index contributed by atoms with van der Waals surface area (Å²) in [6.45, 7) is 16.5. The first-order valence-electron chi connectivity index (χ1n) is 12.4. The Morgan fingerprint density at radius 2 is 1.24 bits per heavy atom. The SMILES string of the molecule is CC(=O)N[C@@H]1[C@@H](OC(C)=O)[C@H](OC(C)=O)[C@@H](COC(C)=O)O[C@H]1NC(=O)O[Si](C(C)C)(C(C)C)C(C)C. The zero-order valence-electron chi connectivity index (χ0n) is 23.4. The highest BCUT2D eigenvalue weighted by Gasteiger charge is 2.53. The van der Waals surface area contributed by atoms with Crippen molar-refractivity contribution < 1.29 is 47.3 Å². The molecule has 1 saturated heterocycles. The molecule has 1 fully saturated rings. The van der Waals surface area contributed by atoms with Crippen LogP contribution in [0.5, 0.6) is 0 Å². The van der Waals surface area contributed by atoms with Crippen molar-refractivity contribution in [2.24, 2.45) is 0 Å². The summed E-state index contributed by atoms with van der Waals surface area (Å²) in [6.07, 6.45) is -5.68. The van der Waals surface area contributed by atoms with Crippen LogP contribution in [0, 0.1) is 0 Å². The highest BCUT2D eigenvalue weighted by Crippen LogP contribution is 2.42. The van der Waals surface area contributed by atoms with E-state index in [0.717, 1.165) is 13.8 Å². The summed E-state index contributed by atoms with van der Waals surface area (Å²) in [5.41, 5.74) is 0.321. The highest BCUT2D eigenvalue weighted by molar-refractivity contribution is 6.78. The Balaban J connectivity index is 3.45. The molecular formula is C24H42N2O10Si. The van der Waals surface area contributed by atoms with Crippen molar-refractivity contribution in [3.8, 4) is 0 Å². The summed E-state index contributed by atoms with van der Waals surface area (Å²) < 4.78 is 28.0. The minimum atomic E-state index is -2.63. The number of carbonyl (C=O) groups excluding carboxylic acids is 5. The number of carbonyl (C=O) groups is 5. The van der Waals surface area contributed by atoms with Crippen LogP contribution in [0.2, 0.25) is 16.6 Å². The van der Waals surface area contributed by atoms with Crippen molar-refractivity contribution in [3.63, 3.8) is 0 Å². The van der Waals surface area contributed by atoms with Gasteiger partial charge in [-0.25, -0.2) is 4.79 Å². The largest absolute Gasteiger partial charge is 0.503 e. The summed E-state index contributed by atoms with van der Waals surface area (Å²) in [6, 6.07) is -1.15. The standard InChI is InChI=1S/C24H42N2O10Si/c1-12(2)37(13(3)4,14(5)6)36-24(31)26-23-20(25-15(7)27)22(34-18(10)30)21(33-17(9)29)19(35-23)11-32-16(8)28/h12-14,19-23H,11H2,1-10H3,(H,25,27)(H,26,31)/t19-,20-,21-,22-,23-/m1/s1. The van der Waals surface area contributed by atoms with Crippen molar-refractivity contribution in [1.29, 1.82) is 0 Å². The van der Waals surface area contributed by atoms with Crippen LogP contribution in [-0.2, 0) is 42.6 Å². The first kappa shape index (κ1) is 32.4. The number of amides is 2. The topological polar surface area (TPSA) is 156 Å². The lowest BCUT2D eigenvalue weighted by Gasteiger charge is -2.46. The van der Waals surface area contributed by atoms with Gasteiger partial charge >= 0.3 is 24.0 Å². The Morgan fingerprint density at radius 1 is 0.757 bits per heavy atom. The number of ether oxygens (including phenoxy) is 4. The van der Waals surface area contributed by atoms with Gasteiger partial charge in [0.25, 0.3) is 8.32 Å². The Kier molecular flexibility index (Phi) is 12.0. The minimum absolute atomic E-state index is 0.107. The predicted octanol–water partition coefficient (Wildman–Crippen LogP) is 2.54. The molecule has 0 aromatic heterocycles. The van der Waals surface area contributed by atoms with Gasteiger partial charge in [0.15, 0.2) is 18.4 Å². The first-order valence-corrected chi connectivity index (χ1v) is 14.6. The van der Waals surface area contributed by atoms with Crippen LogP contribution in [0.4, 0.5) is 4.79 Å². The summed E-state index contributed by atoms with van der Waals surface area (Å²) in [5.74, 6) is -2.57. The van der Waals surface area contributed by atoms with Gasteiger partial charge in [-0.1, -0.05) is 41.5 Å². The van der Waals surface area contributed by atoms with Gasteiger partial charge in [0.05, 0.1) is 0 Å². The number of esters is 3. The molecule has 2 N–H and O–H groups in total. The quantitative estimate of drug-likeness (QED) is 0.237. The van der Waals surface area contributed by atoms with Crippen LogP contribution in [0.25, 0.3) is 0 Å². The molecule has 1 rings (SSSR count). The molecule has 0 aromatic carbocycles. The van der Waals surface area contributed by atoms with Gasteiger partial charge in [0.1, 0.15) is 18.8 Å². The molecule has 0 aliphatic carbocycles. The van der Waals surface area contributed by atoms with E-state index < -0.39 is 68.8 Å². The van der Waals surface area contributed by atoms with Gasteiger partial charge in [-0.15, -0.1) is 0 Å². The average Bonchev–Trinajstić information content (AvgIpc) is 2.73. The van der Waals surface area contributed by atoms with Gasteiger partial charge in [-0.2, -0.15) is 0 Å². The molecule has 5 atom stereocenters. The molecule has 0 unspecified atom stereocenters. The lowest BCUT2D eigenvalue weighted by molar-refractivity contribution is -0.226. The Morgan fingerprint density at radius 3 is 1.65 bits per heavy atom. The van der Waals surface area contributed by atoms with E-state index in [9.17, 15) is 24.0 Å². The number of hydrogen-bond acceptors (Lipinski definition) is 10. The van der Waals surface area contributed by atoms with E-state index in [4.69, 9.17) is 23.4 Å². The van der Waals surface area contributed by atoms with Gasteiger partial charge < -0.3 is 28.7 Å². The Hall–Kier alpha value is -2.67.